The van der Waals surface area contributed by atoms with E-state index in [9.17, 15) is 14.9 Å². The van der Waals surface area contributed by atoms with Crippen LogP contribution in [0.25, 0.3) is 5.57 Å². The van der Waals surface area contributed by atoms with Crippen molar-refractivity contribution in [3.05, 3.63) is 40.0 Å². The minimum absolute atomic E-state index is 0.141. The maximum Gasteiger partial charge on any atom is 0.407 e. The fraction of sp³-hybridized carbons (Fsp3) is 0.500. The molecule has 0 bridgehead atoms. The molecule has 2 aliphatic rings. The summed E-state index contributed by atoms with van der Waals surface area (Å²) in [5.74, 6) is 0.654. The van der Waals surface area contributed by atoms with Crippen LogP contribution in [0.1, 0.15) is 31.7 Å². The molecule has 3 rings (SSSR count). The highest BCUT2D eigenvalue weighted by Gasteiger charge is 2.25. The number of nitrogens with zero attached hydrogens (tertiary/aromatic N) is 3. The second-order valence-corrected chi connectivity index (χ2v) is 6.84. The second-order valence-electron chi connectivity index (χ2n) is 6.84. The van der Waals surface area contributed by atoms with Crippen LogP contribution in [0.2, 0.25) is 0 Å². The molecule has 1 saturated heterocycles. The van der Waals surface area contributed by atoms with Crippen LogP contribution in [0.5, 0.6) is 0 Å². The van der Waals surface area contributed by atoms with Gasteiger partial charge < -0.3 is 14.9 Å². The quantitative estimate of drug-likeness (QED) is 0.668. The van der Waals surface area contributed by atoms with Gasteiger partial charge in [0.05, 0.1) is 4.92 Å². The van der Waals surface area contributed by atoms with E-state index >= 15 is 0 Å². The van der Waals surface area contributed by atoms with Crippen LogP contribution in [0.4, 0.5) is 16.2 Å². The van der Waals surface area contributed by atoms with E-state index in [1.807, 2.05) is 12.1 Å². The van der Waals surface area contributed by atoms with E-state index in [-0.39, 0.29) is 10.6 Å². The Hall–Kier alpha value is -2.57. The van der Waals surface area contributed by atoms with E-state index in [0.717, 1.165) is 37.1 Å². The Morgan fingerprint density at radius 1 is 1.28 bits per heavy atom. The van der Waals surface area contributed by atoms with Gasteiger partial charge in [-0.3, -0.25) is 10.1 Å². The molecule has 2 aliphatic heterocycles. The van der Waals surface area contributed by atoms with Gasteiger partial charge in [-0.15, -0.1) is 0 Å². The van der Waals surface area contributed by atoms with Crippen molar-refractivity contribution in [1.29, 1.82) is 0 Å². The molecular formula is C18H23N3O4. The highest BCUT2D eigenvalue weighted by Crippen LogP contribution is 2.35. The predicted molar refractivity (Wildman–Crippen MR) is 95.9 cm³/mol. The van der Waals surface area contributed by atoms with Crippen LogP contribution in [0.3, 0.4) is 0 Å². The largest absolute Gasteiger partial charge is 0.465 e. The van der Waals surface area contributed by atoms with Crippen molar-refractivity contribution < 1.29 is 14.8 Å². The van der Waals surface area contributed by atoms with E-state index < -0.39 is 6.09 Å². The molecule has 7 nitrogen and oxygen atoms in total. The number of hydrogen-bond donors (Lipinski definition) is 1. The fourth-order valence-electron chi connectivity index (χ4n) is 3.49. The van der Waals surface area contributed by atoms with E-state index in [4.69, 9.17) is 5.11 Å². The highest BCUT2D eigenvalue weighted by molar-refractivity contribution is 5.76. The number of amides is 1. The van der Waals surface area contributed by atoms with Gasteiger partial charge in [0.1, 0.15) is 5.69 Å². The van der Waals surface area contributed by atoms with Gasteiger partial charge >= 0.3 is 6.09 Å². The lowest BCUT2D eigenvalue weighted by Gasteiger charge is -2.32. The molecule has 0 atom stereocenters. The first-order valence-electron chi connectivity index (χ1n) is 8.66. The summed E-state index contributed by atoms with van der Waals surface area (Å²) in [6.07, 6.45) is 3.69. The van der Waals surface area contributed by atoms with Gasteiger partial charge in [0.2, 0.25) is 0 Å². The molecule has 1 aromatic carbocycles. The summed E-state index contributed by atoms with van der Waals surface area (Å²) in [6.45, 7) is 4.69. The average molecular weight is 345 g/mol. The first-order valence-corrected chi connectivity index (χ1v) is 8.66. The van der Waals surface area contributed by atoms with Gasteiger partial charge in [-0.2, -0.15) is 0 Å². The summed E-state index contributed by atoms with van der Waals surface area (Å²) in [4.78, 5) is 25.6. The summed E-state index contributed by atoms with van der Waals surface area (Å²) < 4.78 is 0. The number of piperidine rings is 1. The third kappa shape index (κ3) is 3.75. The van der Waals surface area contributed by atoms with E-state index in [0.29, 0.717) is 31.1 Å². The summed E-state index contributed by atoms with van der Waals surface area (Å²) in [7, 11) is 0. The van der Waals surface area contributed by atoms with Gasteiger partial charge in [0.15, 0.2) is 0 Å². The normalized spacial score (nSPS) is 18.8. The lowest BCUT2D eigenvalue weighted by Crippen LogP contribution is -2.34. The number of nitro groups is 1. The zero-order valence-corrected chi connectivity index (χ0v) is 14.4. The average Bonchev–Trinajstić information content (AvgIpc) is 2.62. The minimum atomic E-state index is -0.915. The molecule has 1 aromatic rings. The molecule has 0 saturated carbocycles. The van der Waals surface area contributed by atoms with Gasteiger partial charge in [0.25, 0.3) is 5.69 Å². The zero-order valence-electron chi connectivity index (χ0n) is 14.4. The van der Waals surface area contributed by atoms with Crippen molar-refractivity contribution in [3.63, 3.8) is 0 Å². The number of anilines is 1. The molecular weight excluding hydrogens is 322 g/mol. The number of carbonyl (C=O) groups is 1. The summed E-state index contributed by atoms with van der Waals surface area (Å²) in [5, 5.41) is 20.5. The van der Waals surface area contributed by atoms with E-state index in [1.165, 1.54) is 4.90 Å². The topological polar surface area (TPSA) is 86.9 Å². The fourth-order valence-corrected chi connectivity index (χ4v) is 3.49. The Balaban J connectivity index is 1.88. The second kappa shape index (κ2) is 7.13. The van der Waals surface area contributed by atoms with Crippen molar-refractivity contribution in [2.75, 3.05) is 31.1 Å². The Labute approximate surface area is 146 Å². The molecule has 0 spiro atoms. The maximum atomic E-state index is 11.4. The Kier molecular flexibility index (Phi) is 4.92. The number of hydrogen-bond acceptors (Lipinski definition) is 4. The van der Waals surface area contributed by atoms with Gasteiger partial charge in [-0.1, -0.05) is 13.0 Å². The minimum Gasteiger partial charge on any atom is -0.465 e. The SMILES string of the molecule is CC1CCN(c2cc(C3=CCN(C(=O)O)CC3)ccc2[N+](=O)[O-])CC1. The van der Waals surface area contributed by atoms with Gasteiger partial charge in [0, 0.05) is 32.2 Å². The summed E-state index contributed by atoms with van der Waals surface area (Å²) in [5.41, 5.74) is 2.82. The lowest BCUT2D eigenvalue weighted by atomic mass is 9.96. The zero-order chi connectivity index (χ0) is 18.0. The molecule has 0 radical (unpaired) electrons. The first kappa shape index (κ1) is 17.3. The molecule has 0 unspecified atom stereocenters. The Morgan fingerprint density at radius 3 is 2.56 bits per heavy atom. The molecule has 134 valence electrons. The Bertz CT molecular complexity index is 708. The number of carboxylic acid groups (broad SMARTS) is 1. The van der Waals surface area contributed by atoms with Crippen molar-refractivity contribution in [1.82, 2.24) is 4.90 Å². The molecule has 1 amide bonds. The van der Waals surface area contributed by atoms with Crippen LogP contribution in [-0.4, -0.2) is 47.2 Å². The molecule has 25 heavy (non-hydrogen) atoms. The van der Waals surface area contributed by atoms with E-state index in [1.54, 1.807) is 12.1 Å². The van der Waals surface area contributed by atoms with Gasteiger partial charge in [-0.05, 0) is 48.4 Å². The molecule has 0 aromatic heterocycles. The van der Waals surface area contributed by atoms with Crippen molar-refractivity contribution >= 4 is 23.0 Å². The van der Waals surface area contributed by atoms with Crippen molar-refractivity contribution in [2.45, 2.75) is 26.2 Å². The van der Waals surface area contributed by atoms with Crippen LogP contribution >= 0.6 is 0 Å². The predicted octanol–water partition coefficient (Wildman–Crippen LogP) is 3.60. The monoisotopic (exact) mass is 345 g/mol. The van der Waals surface area contributed by atoms with Crippen LogP contribution in [0.15, 0.2) is 24.3 Å². The highest BCUT2D eigenvalue weighted by atomic mass is 16.6. The summed E-state index contributed by atoms with van der Waals surface area (Å²) >= 11 is 0. The van der Waals surface area contributed by atoms with Crippen molar-refractivity contribution in [2.24, 2.45) is 5.92 Å². The van der Waals surface area contributed by atoms with Gasteiger partial charge in [-0.25, -0.2) is 4.79 Å². The van der Waals surface area contributed by atoms with Crippen molar-refractivity contribution in [3.8, 4) is 0 Å². The molecule has 0 aliphatic carbocycles. The third-order valence-electron chi connectivity index (χ3n) is 5.15. The van der Waals surface area contributed by atoms with E-state index in [2.05, 4.69) is 11.8 Å². The summed E-state index contributed by atoms with van der Waals surface area (Å²) in [6, 6.07) is 5.25. The lowest BCUT2D eigenvalue weighted by molar-refractivity contribution is -0.384. The number of nitro benzene ring substituents is 1. The number of rotatable bonds is 3. The molecule has 1 N–H and O–H groups in total. The smallest absolute Gasteiger partial charge is 0.407 e. The third-order valence-corrected chi connectivity index (χ3v) is 5.15. The molecule has 2 heterocycles. The maximum absolute atomic E-state index is 11.4. The van der Waals surface area contributed by atoms with Crippen LogP contribution in [-0.2, 0) is 0 Å². The molecule has 1 fully saturated rings. The molecule has 7 heteroatoms. The standard InChI is InChI=1S/C18H23N3O4/c1-13-4-8-19(9-5-13)17-12-15(2-3-16(17)21(24)25)14-6-10-20(11-7-14)18(22)23/h2-3,6,12-13H,4-5,7-11H2,1H3,(H,22,23). The number of benzene rings is 1. The first-order chi connectivity index (χ1) is 12.0. The Morgan fingerprint density at radius 2 is 2.00 bits per heavy atom. The van der Waals surface area contributed by atoms with Crippen LogP contribution < -0.4 is 4.90 Å². The van der Waals surface area contributed by atoms with Crippen LogP contribution in [0, 0.1) is 16.0 Å².